The lowest BCUT2D eigenvalue weighted by molar-refractivity contribution is 0.0168. The van der Waals surface area contributed by atoms with E-state index in [0.29, 0.717) is 0 Å². The molecule has 96 valence electrons. The minimum Gasteiger partial charge on any atom is -0.385 e. The second-order valence-electron chi connectivity index (χ2n) is 4.95. The number of hydrogen-bond donors (Lipinski definition) is 1. The van der Waals surface area contributed by atoms with Crippen LogP contribution in [0.4, 0.5) is 0 Å². The van der Waals surface area contributed by atoms with Gasteiger partial charge in [0.15, 0.2) is 0 Å². The van der Waals surface area contributed by atoms with E-state index in [9.17, 15) is 5.11 Å². The molecule has 0 saturated carbocycles. The molecule has 0 unspecified atom stereocenters. The summed E-state index contributed by atoms with van der Waals surface area (Å²) in [5.41, 5.74) is 1.21. The van der Waals surface area contributed by atoms with Crippen LogP contribution in [0.1, 0.15) is 45.1 Å². The summed E-state index contributed by atoms with van der Waals surface area (Å²) in [6, 6.07) is 10.1. The molecule has 1 aromatic carbocycles. The van der Waals surface area contributed by atoms with Crippen LogP contribution >= 0.6 is 0 Å². The highest BCUT2D eigenvalue weighted by Gasteiger charge is 2.27. The molecule has 1 aromatic heterocycles. The molecule has 2 aromatic rings. The van der Waals surface area contributed by atoms with Crippen molar-refractivity contribution in [3.63, 3.8) is 0 Å². The van der Waals surface area contributed by atoms with Crippen molar-refractivity contribution in [1.82, 2.24) is 4.98 Å². The van der Waals surface area contributed by atoms with E-state index < -0.39 is 5.60 Å². The van der Waals surface area contributed by atoms with Crippen molar-refractivity contribution in [2.75, 3.05) is 0 Å². The molecule has 0 aliphatic heterocycles. The average molecular weight is 243 g/mol. The average Bonchev–Trinajstić information content (AvgIpc) is 2.39. The zero-order chi connectivity index (χ0) is 13.0. The number of fused-ring (bicyclic) bond motifs is 1. The smallest absolute Gasteiger partial charge is 0.0911 e. The summed E-state index contributed by atoms with van der Waals surface area (Å²) in [6.45, 7) is 4.21. The van der Waals surface area contributed by atoms with E-state index in [1.54, 1.807) is 0 Å². The normalized spacial score (nSPS) is 11.9. The van der Waals surface area contributed by atoms with Crippen molar-refractivity contribution in [3.05, 3.63) is 42.1 Å². The lowest BCUT2D eigenvalue weighted by atomic mass is 9.86. The highest BCUT2D eigenvalue weighted by Crippen LogP contribution is 2.32. The molecule has 2 nitrogen and oxygen atoms in total. The van der Waals surface area contributed by atoms with Gasteiger partial charge in [-0.3, -0.25) is 4.98 Å². The van der Waals surface area contributed by atoms with Crippen LogP contribution in [0.3, 0.4) is 0 Å². The van der Waals surface area contributed by atoms with Crippen LogP contribution in [0, 0.1) is 0 Å². The number of rotatable bonds is 5. The zero-order valence-electron chi connectivity index (χ0n) is 11.2. The molecule has 2 heteroatoms. The lowest BCUT2D eigenvalue weighted by Crippen LogP contribution is -2.25. The molecule has 1 heterocycles. The Morgan fingerprint density at radius 3 is 2.44 bits per heavy atom. The summed E-state index contributed by atoms with van der Waals surface area (Å²) in [7, 11) is 0. The van der Waals surface area contributed by atoms with Crippen LogP contribution in [0.15, 0.2) is 36.5 Å². The molecule has 2 rings (SSSR count). The molecule has 0 spiro atoms. The van der Waals surface area contributed by atoms with Gasteiger partial charge in [0, 0.05) is 17.1 Å². The van der Waals surface area contributed by atoms with Crippen molar-refractivity contribution >= 4 is 10.9 Å². The van der Waals surface area contributed by atoms with Crippen molar-refractivity contribution < 1.29 is 5.11 Å². The van der Waals surface area contributed by atoms with Crippen LogP contribution in [-0.2, 0) is 5.60 Å². The van der Waals surface area contributed by atoms with Crippen molar-refractivity contribution in [3.8, 4) is 0 Å². The van der Waals surface area contributed by atoms with Gasteiger partial charge in [0.1, 0.15) is 0 Å². The number of nitrogens with zero attached hydrogens (tertiary/aromatic N) is 1. The maximum atomic E-state index is 10.8. The largest absolute Gasteiger partial charge is 0.385 e. The first-order valence-corrected chi connectivity index (χ1v) is 6.77. The molecule has 0 radical (unpaired) electrons. The molecule has 0 atom stereocenters. The topological polar surface area (TPSA) is 33.1 Å². The predicted octanol–water partition coefficient (Wildman–Crippen LogP) is 4.02. The molecular formula is C16H21NO. The molecule has 0 bridgehead atoms. The molecule has 0 aliphatic carbocycles. The van der Waals surface area contributed by atoms with Gasteiger partial charge in [-0.05, 0) is 25.0 Å². The second-order valence-corrected chi connectivity index (χ2v) is 4.95. The first-order chi connectivity index (χ1) is 8.69. The third-order valence-electron chi connectivity index (χ3n) is 3.45. The summed E-state index contributed by atoms with van der Waals surface area (Å²) in [4.78, 5) is 4.45. The lowest BCUT2D eigenvalue weighted by Gasteiger charge is -2.28. The number of benzene rings is 1. The first-order valence-electron chi connectivity index (χ1n) is 6.77. The standard InChI is InChI=1S/C16H21NO/c1-3-9-16(18,10-4-2)14-11-13-7-5-6-8-15(13)17-12-14/h5-8,11-12,18H,3-4,9-10H2,1-2H3. The van der Waals surface area contributed by atoms with Crippen molar-refractivity contribution in [2.45, 2.75) is 45.1 Å². The highest BCUT2D eigenvalue weighted by molar-refractivity contribution is 5.78. The number of pyridine rings is 1. The molecule has 0 fully saturated rings. The van der Waals surface area contributed by atoms with Crippen LogP contribution in [-0.4, -0.2) is 10.1 Å². The molecule has 18 heavy (non-hydrogen) atoms. The van der Waals surface area contributed by atoms with Gasteiger partial charge in [0.25, 0.3) is 0 Å². The molecule has 0 aliphatic rings. The van der Waals surface area contributed by atoms with Crippen LogP contribution in [0.2, 0.25) is 0 Å². The summed E-state index contributed by atoms with van der Waals surface area (Å²) in [6.07, 6.45) is 5.36. The Labute approximate surface area is 109 Å². The SMILES string of the molecule is CCCC(O)(CCC)c1cnc2ccccc2c1. The van der Waals surface area contributed by atoms with Crippen LogP contribution < -0.4 is 0 Å². The van der Waals surface area contributed by atoms with E-state index in [1.807, 2.05) is 30.5 Å². The van der Waals surface area contributed by atoms with Gasteiger partial charge in [0.05, 0.1) is 11.1 Å². The number of aliphatic hydroxyl groups is 1. The Balaban J connectivity index is 2.44. The van der Waals surface area contributed by atoms with Gasteiger partial charge in [0.2, 0.25) is 0 Å². The summed E-state index contributed by atoms with van der Waals surface area (Å²) in [5, 5.41) is 11.9. The Kier molecular flexibility index (Phi) is 3.97. The first kappa shape index (κ1) is 13.0. The van der Waals surface area contributed by atoms with Crippen LogP contribution in [0.5, 0.6) is 0 Å². The Morgan fingerprint density at radius 2 is 1.78 bits per heavy atom. The van der Waals surface area contributed by atoms with Gasteiger partial charge in [-0.15, -0.1) is 0 Å². The number of hydrogen-bond acceptors (Lipinski definition) is 2. The van der Waals surface area contributed by atoms with Gasteiger partial charge < -0.3 is 5.11 Å². The zero-order valence-corrected chi connectivity index (χ0v) is 11.2. The van der Waals surface area contributed by atoms with Crippen LogP contribution in [0.25, 0.3) is 10.9 Å². The van der Waals surface area contributed by atoms with E-state index in [4.69, 9.17) is 0 Å². The number of aromatic nitrogens is 1. The predicted molar refractivity (Wildman–Crippen MR) is 75.5 cm³/mol. The Morgan fingerprint density at radius 1 is 1.11 bits per heavy atom. The van der Waals surface area contributed by atoms with Gasteiger partial charge in [-0.2, -0.15) is 0 Å². The molecular weight excluding hydrogens is 222 g/mol. The van der Waals surface area contributed by atoms with E-state index >= 15 is 0 Å². The third kappa shape index (κ3) is 2.54. The van der Waals surface area contributed by atoms with Gasteiger partial charge >= 0.3 is 0 Å². The van der Waals surface area contributed by atoms with E-state index in [1.165, 1.54) is 0 Å². The fraction of sp³-hybridized carbons (Fsp3) is 0.438. The molecule has 0 saturated heterocycles. The second kappa shape index (κ2) is 5.49. The van der Waals surface area contributed by atoms with E-state index in [0.717, 1.165) is 42.1 Å². The fourth-order valence-electron chi connectivity index (χ4n) is 2.57. The van der Waals surface area contributed by atoms with E-state index in [-0.39, 0.29) is 0 Å². The minimum absolute atomic E-state index is 0.722. The van der Waals surface area contributed by atoms with E-state index in [2.05, 4.69) is 24.9 Å². The quantitative estimate of drug-likeness (QED) is 0.860. The van der Waals surface area contributed by atoms with Crippen molar-refractivity contribution in [1.29, 1.82) is 0 Å². The minimum atomic E-state index is -0.722. The molecule has 1 N–H and O–H groups in total. The monoisotopic (exact) mass is 243 g/mol. The number of para-hydroxylation sites is 1. The fourth-order valence-corrected chi connectivity index (χ4v) is 2.57. The third-order valence-corrected chi connectivity index (χ3v) is 3.45. The van der Waals surface area contributed by atoms with Gasteiger partial charge in [-0.25, -0.2) is 0 Å². The maximum absolute atomic E-state index is 10.8. The highest BCUT2D eigenvalue weighted by atomic mass is 16.3. The van der Waals surface area contributed by atoms with Gasteiger partial charge in [-0.1, -0.05) is 44.9 Å². The molecule has 0 amide bonds. The summed E-state index contributed by atoms with van der Waals surface area (Å²) < 4.78 is 0. The summed E-state index contributed by atoms with van der Waals surface area (Å²) >= 11 is 0. The maximum Gasteiger partial charge on any atom is 0.0911 e. The Hall–Kier alpha value is -1.41. The Bertz CT molecular complexity index is 515. The van der Waals surface area contributed by atoms with Crippen molar-refractivity contribution in [2.24, 2.45) is 0 Å². The summed E-state index contributed by atoms with van der Waals surface area (Å²) in [5.74, 6) is 0.